The zero-order valence-electron chi connectivity index (χ0n) is 19.5. The number of hydrogen-bond acceptors (Lipinski definition) is 4. The van der Waals surface area contributed by atoms with E-state index in [4.69, 9.17) is 19.1 Å². The van der Waals surface area contributed by atoms with Gasteiger partial charge in [0, 0.05) is 0 Å². The molecule has 7 nitrogen and oxygen atoms in total. The molecule has 1 unspecified atom stereocenters. The molecule has 0 aliphatic rings. The smallest absolute Gasteiger partial charge is 1.00 e. The summed E-state index contributed by atoms with van der Waals surface area (Å²) in [4.78, 5) is 16.0. The molecule has 0 saturated carbocycles. The second kappa shape index (κ2) is 15.9. The molecule has 1 atom stereocenters. The Morgan fingerprint density at radius 2 is 1.62 bits per heavy atom. The molecule has 0 radical (unpaired) electrons. The largest absolute Gasteiger partial charge is 1.00 e. The van der Waals surface area contributed by atoms with Gasteiger partial charge in [-0.15, -0.1) is 0 Å². The summed E-state index contributed by atoms with van der Waals surface area (Å²) in [6.07, 6.45) is 0.0777. The van der Waals surface area contributed by atoms with Gasteiger partial charge in [-0.2, -0.15) is 8.42 Å². The van der Waals surface area contributed by atoms with Crippen LogP contribution in [0.5, 0.6) is 11.5 Å². The molecule has 0 bridgehead atoms. The molecule has 0 heterocycles. The SMILES string of the molecule is O=P(O)(O)C(CCCc1cccc(Oc2ccc(F)cc2)c1)S(=O)(=O)O.[H-].[H-].[H-].[K+].[K+].[K+]. The van der Waals surface area contributed by atoms with E-state index in [1.807, 2.05) is 0 Å². The molecule has 0 aliphatic heterocycles. The van der Waals surface area contributed by atoms with E-state index in [-0.39, 0.29) is 177 Å². The predicted octanol–water partition coefficient (Wildman–Crippen LogP) is -5.32. The van der Waals surface area contributed by atoms with Gasteiger partial charge in [0.05, 0.1) is 0 Å². The maximum atomic E-state index is 12.9. The fourth-order valence-corrected chi connectivity index (χ4v) is 4.75. The van der Waals surface area contributed by atoms with Crippen LogP contribution in [0.15, 0.2) is 48.5 Å². The zero-order chi connectivity index (χ0) is 19.4. The quantitative estimate of drug-likeness (QED) is 0.179. The fourth-order valence-electron chi connectivity index (χ4n) is 2.37. The van der Waals surface area contributed by atoms with Gasteiger partial charge in [-0.25, -0.2) is 4.39 Å². The van der Waals surface area contributed by atoms with Crippen LogP contribution in [0.2, 0.25) is 0 Å². The third-order valence-electron chi connectivity index (χ3n) is 3.58. The van der Waals surface area contributed by atoms with Gasteiger partial charge in [-0.1, -0.05) is 12.1 Å². The monoisotopic (exact) mass is 524 g/mol. The van der Waals surface area contributed by atoms with Gasteiger partial charge >= 0.3 is 162 Å². The van der Waals surface area contributed by atoms with E-state index < -0.39 is 22.7 Å². The minimum atomic E-state index is -4.97. The van der Waals surface area contributed by atoms with Gasteiger partial charge < -0.3 is 18.8 Å². The van der Waals surface area contributed by atoms with Crippen molar-refractivity contribution in [3.8, 4) is 11.5 Å². The minimum Gasteiger partial charge on any atom is -1.00 e. The summed E-state index contributed by atoms with van der Waals surface area (Å²) in [5.74, 6) is 0.538. The van der Waals surface area contributed by atoms with Crippen LogP contribution in [-0.4, -0.2) is 27.7 Å². The van der Waals surface area contributed by atoms with Crippen LogP contribution in [0, 0.1) is 5.82 Å². The first-order valence-electron chi connectivity index (χ1n) is 7.59. The van der Waals surface area contributed by atoms with Crippen molar-refractivity contribution in [1.82, 2.24) is 0 Å². The first kappa shape index (κ1) is 34.3. The van der Waals surface area contributed by atoms with Gasteiger partial charge in [0.15, 0.2) is 4.99 Å². The first-order chi connectivity index (χ1) is 12.1. The number of hydrogen-bond donors (Lipinski definition) is 3. The maximum Gasteiger partial charge on any atom is 1.00 e. The molecular formula is C16H21FK3O7PS. The molecule has 0 aromatic heterocycles. The van der Waals surface area contributed by atoms with Crippen LogP contribution in [0.1, 0.15) is 22.7 Å². The molecule has 2 rings (SSSR count). The first-order valence-corrected chi connectivity index (χ1v) is 10.8. The molecule has 29 heavy (non-hydrogen) atoms. The topological polar surface area (TPSA) is 121 Å². The van der Waals surface area contributed by atoms with Crippen molar-refractivity contribution >= 4 is 17.7 Å². The normalized spacial score (nSPS) is 12.0. The van der Waals surface area contributed by atoms with E-state index in [1.54, 1.807) is 24.3 Å². The van der Waals surface area contributed by atoms with Crippen molar-refractivity contribution < 1.29 is 195 Å². The van der Waals surface area contributed by atoms with Crippen molar-refractivity contribution in [3.05, 3.63) is 59.9 Å². The predicted molar refractivity (Wildman–Crippen MR) is 96.6 cm³/mol. The molecule has 2 aromatic rings. The number of benzene rings is 2. The van der Waals surface area contributed by atoms with Crippen LogP contribution in [0.25, 0.3) is 0 Å². The second-order valence-corrected chi connectivity index (χ2v) is 9.40. The van der Waals surface area contributed by atoms with Crippen molar-refractivity contribution in [2.75, 3.05) is 0 Å². The Bertz CT molecular complexity index is 921. The van der Waals surface area contributed by atoms with Crippen LogP contribution in [0.3, 0.4) is 0 Å². The van der Waals surface area contributed by atoms with E-state index >= 15 is 0 Å². The van der Waals surface area contributed by atoms with E-state index in [0.29, 0.717) is 17.9 Å². The van der Waals surface area contributed by atoms with Gasteiger partial charge in [-0.3, -0.25) is 9.12 Å². The van der Waals surface area contributed by atoms with Crippen LogP contribution >= 0.6 is 7.60 Å². The Hall–Kier alpha value is 3.14. The molecule has 13 heteroatoms. The molecule has 0 amide bonds. The number of ether oxygens (including phenoxy) is 1. The average molecular weight is 525 g/mol. The van der Waals surface area contributed by atoms with Crippen LogP contribution in [-0.2, 0) is 21.1 Å². The van der Waals surface area contributed by atoms with Crippen LogP contribution < -0.4 is 159 Å². The van der Waals surface area contributed by atoms with E-state index in [9.17, 15) is 17.4 Å². The molecule has 2 aromatic carbocycles. The summed E-state index contributed by atoms with van der Waals surface area (Å²) in [5, 5.41) is 0. The Kier molecular flexibility index (Phi) is 18.8. The Morgan fingerprint density at radius 3 is 2.14 bits per heavy atom. The molecule has 3 N–H and O–H groups in total. The van der Waals surface area contributed by atoms with Crippen LogP contribution in [0.4, 0.5) is 4.39 Å². The third kappa shape index (κ3) is 13.0. The van der Waals surface area contributed by atoms with E-state index in [1.165, 1.54) is 24.3 Å². The summed E-state index contributed by atoms with van der Waals surface area (Å²) >= 11 is 0. The maximum absolute atomic E-state index is 12.9. The number of rotatable bonds is 8. The van der Waals surface area contributed by atoms with Gasteiger partial charge in [0.2, 0.25) is 0 Å². The Morgan fingerprint density at radius 1 is 1.03 bits per heavy atom. The molecule has 0 saturated heterocycles. The number of halogens is 1. The Labute approximate surface area is 301 Å². The third-order valence-corrected chi connectivity index (χ3v) is 7.14. The van der Waals surface area contributed by atoms with Crippen molar-refractivity contribution in [1.29, 1.82) is 0 Å². The summed E-state index contributed by atoms with van der Waals surface area (Å²) < 4.78 is 60.9. The Balaban J connectivity index is -0.000000405. The van der Waals surface area contributed by atoms with Gasteiger partial charge in [0.25, 0.3) is 10.1 Å². The average Bonchev–Trinajstić information content (AvgIpc) is 2.52. The van der Waals surface area contributed by atoms with Crippen molar-refractivity contribution in [3.63, 3.8) is 0 Å². The van der Waals surface area contributed by atoms with Gasteiger partial charge in [0.1, 0.15) is 17.3 Å². The van der Waals surface area contributed by atoms with Crippen molar-refractivity contribution in [2.45, 2.75) is 24.3 Å². The summed E-state index contributed by atoms with van der Waals surface area (Å²) in [7, 11) is -9.82. The standard InChI is InChI=1S/C16H18FO7PS.3K.3H/c17-13-7-9-14(10-8-13)24-15-5-1-3-12(11-15)4-2-6-16(25(18,19)20)26(21,22)23;;;;;;/h1,3,5,7-11,16H,2,4,6H2,(H2,18,19,20)(H,21,22,23);;;;;;/q;3*+1;3*-1. The van der Waals surface area contributed by atoms with Gasteiger partial charge in [-0.05, 0) is 61.2 Å². The van der Waals surface area contributed by atoms with E-state index in [2.05, 4.69) is 0 Å². The fraction of sp³-hybridized carbons (Fsp3) is 0.250. The summed E-state index contributed by atoms with van der Waals surface area (Å²) in [6, 6.07) is 12.3. The number of aryl methyl sites for hydroxylation is 1. The summed E-state index contributed by atoms with van der Waals surface area (Å²) in [6.45, 7) is 0. The molecule has 148 valence electrons. The molecular weight excluding hydrogens is 504 g/mol. The van der Waals surface area contributed by atoms with Crippen molar-refractivity contribution in [2.24, 2.45) is 0 Å². The molecule has 0 fully saturated rings. The zero-order valence-corrected chi connectivity index (χ0v) is 27.6. The van der Waals surface area contributed by atoms with E-state index in [0.717, 1.165) is 5.56 Å². The molecule has 0 spiro atoms. The minimum absolute atomic E-state index is 0. The summed E-state index contributed by atoms with van der Waals surface area (Å²) in [5.41, 5.74) is 0.754. The molecule has 0 aliphatic carbocycles. The second-order valence-electron chi connectivity index (χ2n) is 5.65.